The van der Waals surface area contributed by atoms with Crippen LogP contribution in [0, 0.1) is 5.92 Å². The fourth-order valence-corrected chi connectivity index (χ4v) is 4.35. The van der Waals surface area contributed by atoms with Crippen LogP contribution in [0.4, 0.5) is 0 Å². The summed E-state index contributed by atoms with van der Waals surface area (Å²) < 4.78 is 5.57. The molecule has 0 aliphatic heterocycles. The van der Waals surface area contributed by atoms with Crippen molar-refractivity contribution in [3.8, 4) is 5.75 Å². The number of para-hydroxylation sites is 1. The number of ether oxygens (including phenoxy) is 1. The van der Waals surface area contributed by atoms with E-state index in [4.69, 9.17) is 4.74 Å². The molecule has 0 atom stereocenters. The molecule has 2 amide bonds. The van der Waals surface area contributed by atoms with Gasteiger partial charge in [0.05, 0.1) is 13.2 Å². The quantitative estimate of drug-likeness (QED) is 0.309. The molecule has 0 bridgehead atoms. The first kappa shape index (κ1) is 27.3. The van der Waals surface area contributed by atoms with Crippen molar-refractivity contribution in [2.24, 2.45) is 5.92 Å². The largest absolute Gasteiger partial charge is 0.494 e. The van der Waals surface area contributed by atoms with Crippen molar-refractivity contribution in [2.75, 3.05) is 26.2 Å². The van der Waals surface area contributed by atoms with E-state index in [9.17, 15) is 9.59 Å². The van der Waals surface area contributed by atoms with Crippen LogP contribution in [-0.4, -0.2) is 52.8 Å². The molecule has 0 radical (unpaired) electrons. The lowest BCUT2D eigenvalue weighted by Crippen LogP contribution is -2.44. The van der Waals surface area contributed by atoms with E-state index in [1.165, 1.54) is 10.9 Å². The van der Waals surface area contributed by atoms with E-state index in [1.807, 2.05) is 68.3 Å². The summed E-state index contributed by atoms with van der Waals surface area (Å²) in [7, 11) is 0. The summed E-state index contributed by atoms with van der Waals surface area (Å²) >= 11 is 0. The van der Waals surface area contributed by atoms with Gasteiger partial charge in [-0.25, -0.2) is 0 Å². The van der Waals surface area contributed by atoms with Crippen molar-refractivity contribution in [2.45, 2.75) is 59.9 Å². The SMILES string of the molecule is CCCCN(CC(=O)N(CCc1c[nH]c2ccccc12)Cc1ccc(OCC)cc1)C(=O)CC(C)C. The Balaban J connectivity index is 1.77. The van der Waals surface area contributed by atoms with Crippen LogP contribution in [0.25, 0.3) is 10.9 Å². The van der Waals surface area contributed by atoms with Crippen LogP contribution in [0.3, 0.4) is 0 Å². The van der Waals surface area contributed by atoms with Crippen molar-refractivity contribution in [1.29, 1.82) is 0 Å². The third-order valence-electron chi connectivity index (χ3n) is 6.33. The van der Waals surface area contributed by atoms with E-state index in [1.54, 1.807) is 4.90 Å². The molecule has 2 aromatic carbocycles. The molecule has 36 heavy (non-hydrogen) atoms. The third-order valence-corrected chi connectivity index (χ3v) is 6.33. The number of nitrogens with one attached hydrogen (secondary N) is 1. The summed E-state index contributed by atoms with van der Waals surface area (Å²) in [6.07, 6.45) is 5.11. The Morgan fingerprint density at radius 3 is 2.39 bits per heavy atom. The summed E-state index contributed by atoms with van der Waals surface area (Å²) in [5.41, 5.74) is 3.33. The fraction of sp³-hybridized carbons (Fsp3) is 0.467. The second kappa shape index (κ2) is 13.7. The van der Waals surface area contributed by atoms with Gasteiger partial charge >= 0.3 is 0 Å². The Hall–Kier alpha value is -3.28. The van der Waals surface area contributed by atoms with Crippen molar-refractivity contribution in [1.82, 2.24) is 14.8 Å². The minimum Gasteiger partial charge on any atom is -0.494 e. The van der Waals surface area contributed by atoms with Crippen LogP contribution in [0.5, 0.6) is 5.75 Å². The molecular weight excluding hydrogens is 450 g/mol. The van der Waals surface area contributed by atoms with Crippen molar-refractivity contribution >= 4 is 22.7 Å². The number of hydrogen-bond acceptors (Lipinski definition) is 3. The molecule has 3 rings (SSSR count). The first-order chi connectivity index (χ1) is 17.4. The van der Waals surface area contributed by atoms with Crippen molar-refractivity contribution in [3.05, 3.63) is 65.9 Å². The molecule has 194 valence electrons. The van der Waals surface area contributed by atoms with Gasteiger partial charge in [-0.05, 0) is 55.0 Å². The Morgan fingerprint density at radius 1 is 0.944 bits per heavy atom. The number of unbranched alkanes of at least 4 members (excludes halogenated alkanes) is 1. The lowest BCUT2D eigenvalue weighted by atomic mass is 10.1. The van der Waals surface area contributed by atoms with Crippen LogP contribution in [-0.2, 0) is 22.6 Å². The van der Waals surface area contributed by atoms with Crippen LogP contribution >= 0.6 is 0 Å². The molecule has 0 aliphatic carbocycles. The van der Waals surface area contributed by atoms with Crippen LogP contribution < -0.4 is 4.74 Å². The summed E-state index contributed by atoms with van der Waals surface area (Å²) in [5.74, 6) is 1.13. The van der Waals surface area contributed by atoms with Gasteiger partial charge in [0.15, 0.2) is 0 Å². The number of carbonyl (C=O) groups excluding carboxylic acids is 2. The number of H-pyrrole nitrogens is 1. The molecule has 1 heterocycles. The van der Waals surface area contributed by atoms with Crippen molar-refractivity contribution in [3.63, 3.8) is 0 Å². The molecule has 0 aliphatic rings. The van der Waals surface area contributed by atoms with Gasteiger partial charge in [0, 0.05) is 43.2 Å². The number of aromatic amines is 1. The molecule has 6 heteroatoms. The lowest BCUT2D eigenvalue weighted by Gasteiger charge is -2.28. The Morgan fingerprint density at radius 2 is 1.69 bits per heavy atom. The standard InChI is InChI=1S/C30H41N3O3/c1-5-7-17-32(29(34)19-23(3)4)22-30(35)33(21-24-12-14-26(15-13-24)36-6-2)18-16-25-20-31-28-11-9-8-10-27(25)28/h8-15,20,23,31H,5-7,16-19,21-22H2,1-4H3. The smallest absolute Gasteiger partial charge is 0.242 e. The minimum atomic E-state index is -0.0167. The van der Waals surface area contributed by atoms with Gasteiger partial charge in [-0.3, -0.25) is 9.59 Å². The molecule has 0 fully saturated rings. The highest BCUT2D eigenvalue weighted by Gasteiger charge is 2.22. The first-order valence-corrected chi connectivity index (χ1v) is 13.2. The average molecular weight is 492 g/mol. The van der Waals surface area contributed by atoms with E-state index in [0.717, 1.165) is 36.1 Å². The maximum atomic E-state index is 13.6. The van der Waals surface area contributed by atoms with E-state index < -0.39 is 0 Å². The topological polar surface area (TPSA) is 65.6 Å². The maximum Gasteiger partial charge on any atom is 0.242 e. The molecule has 3 aromatic rings. The van der Waals surface area contributed by atoms with E-state index in [0.29, 0.717) is 32.7 Å². The van der Waals surface area contributed by atoms with Gasteiger partial charge in [0.25, 0.3) is 0 Å². The van der Waals surface area contributed by atoms with Crippen LogP contribution in [0.15, 0.2) is 54.7 Å². The van der Waals surface area contributed by atoms with E-state index >= 15 is 0 Å². The van der Waals surface area contributed by atoms with Crippen LogP contribution in [0.1, 0.15) is 58.1 Å². The predicted octanol–water partition coefficient (Wildman–Crippen LogP) is 5.81. The molecule has 0 spiro atoms. The molecule has 1 N–H and O–H groups in total. The predicted molar refractivity (Wildman–Crippen MR) is 146 cm³/mol. The van der Waals surface area contributed by atoms with E-state index in [-0.39, 0.29) is 24.3 Å². The molecule has 0 saturated carbocycles. The molecule has 6 nitrogen and oxygen atoms in total. The molecule has 0 unspecified atom stereocenters. The molecule has 1 aromatic heterocycles. The number of rotatable bonds is 14. The monoisotopic (exact) mass is 491 g/mol. The zero-order chi connectivity index (χ0) is 25.9. The number of carbonyl (C=O) groups is 2. The second-order valence-corrected chi connectivity index (χ2v) is 9.77. The first-order valence-electron chi connectivity index (χ1n) is 13.2. The average Bonchev–Trinajstić information content (AvgIpc) is 3.28. The minimum absolute atomic E-state index is 0.0167. The van der Waals surface area contributed by atoms with Gasteiger partial charge < -0.3 is 19.5 Å². The van der Waals surface area contributed by atoms with Gasteiger partial charge in [0.1, 0.15) is 5.75 Å². The lowest BCUT2D eigenvalue weighted by molar-refractivity contribution is -0.141. The van der Waals surface area contributed by atoms with Gasteiger partial charge in [-0.2, -0.15) is 0 Å². The zero-order valence-corrected chi connectivity index (χ0v) is 22.3. The van der Waals surface area contributed by atoms with Gasteiger partial charge in [0.2, 0.25) is 11.8 Å². The zero-order valence-electron chi connectivity index (χ0n) is 22.3. The number of amides is 2. The Kier molecular flexibility index (Phi) is 10.4. The summed E-state index contributed by atoms with van der Waals surface area (Å²) in [4.78, 5) is 33.5. The number of hydrogen-bond donors (Lipinski definition) is 1. The maximum absolute atomic E-state index is 13.6. The van der Waals surface area contributed by atoms with Crippen LogP contribution in [0.2, 0.25) is 0 Å². The second-order valence-electron chi connectivity index (χ2n) is 9.77. The Bertz CT molecular complexity index is 1100. The normalized spacial score (nSPS) is 11.1. The molecular formula is C30H41N3O3. The number of nitrogens with zero attached hydrogens (tertiary/aromatic N) is 2. The molecule has 0 saturated heterocycles. The number of aromatic nitrogens is 1. The summed E-state index contributed by atoms with van der Waals surface area (Å²) in [5, 5.41) is 1.18. The Labute approximate surface area is 215 Å². The highest BCUT2D eigenvalue weighted by atomic mass is 16.5. The highest BCUT2D eigenvalue weighted by molar-refractivity contribution is 5.85. The summed E-state index contributed by atoms with van der Waals surface area (Å²) in [6.45, 7) is 10.6. The van der Waals surface area contributed by atoms with Crippen molar-refractivity contribution < 1.29 is 14.3 Å². The highest BCUT2D eigenvalue weighted by Crippen LogP contribution is 2.20. The van der Waals surface area contributed by atoms with E-state index in [2.05, 4.69) is 24.0 Å². The third kappa shape index (κ3) is 7.87. The summed E-state index contributed by atoms with van der Waals surface area (Å²) in [6, 6.07) is 16.1. The van der Waals surface area contributed by atoms with Gasteiger partial charge in [-0.1, -0.05) is 57.5 Å². The number of benzene rings is 2. The van der Waals surface area contributed by atoms with Gasteiger partial charge in [-0.15, -0.1) is 0 Å². The fourth-order valence-electron chi connectivity index (χ4n) is 4.35. The number of fused-ring (bicyclic) bond motifs is 1.